The molecule has 108 valence electrons. The van der Waals surface area contributed by atoms with E-state index in [0.29, 0.717) is 16.9 Å². The summed E-state index contributed by atoms with van der Waals surface area (Å²) in [6.45, 7) is 3.40. The van der Waals surface area contributed by atoms with Crippen molar-refractivity contribution >= 4 is 17.6 Å². The SMILES string of the molecule is Cc1cc(C)c(C(=O)Nc2cccc(C(=O)O)c2)c(=O)[nH]1. The van der Waals surface area contributed by atoms with Crippen molar-refractivity contribution in [2.24, 2.45) is 0 Å². The summed E-state index contributed by atoms with van der Waals surface area (Å²) in [4.78, 5) is 37.5. The number of hydrogen-bond donors (Lipinski definition) is 3. The van der Waals surface area contributed by atoms with E-state index in [1.165, 1.54) is 18.2 Å². The first-order valence-corrected chi connectivity index (χ1v) is 6.23. The molecule has 6 nitrogen and oxygen atoms in total. The molecular formula is C15H14N2O4. The summed E-state index contributed by atoms with van der Waals surface area (Å²) in [5.41, 5.74) is 1.15. The molecule has 0 fully saturated rings. The van der Waals surface area contributed by atoms with Crippen LogP contribution in [-0.2, 0) is 0 Å². The van der Waals surface area contributed by atoms with Crippen LogP contribution in [0.25, 0.3) is 0 Å². The molecule has 0 spiro atoms. The third kappa shape index (κ3) is 3.17. The Bertz CT molecular complexity index is 777. The monoisotopic (exact) mass is 286 g/mol. The van der Waals surface area contributed by atoms with Gasteiger partial charge in [0.25, 0.3) is 11.5 Å². The van der Waals surface area contributed by atoms with Crippen LogP contribution in [0.3, 0.4) is 0 Å². The number of benzene rings is 1. The van der Waals surface area contributed by atoms with Crippen molar-refractivity contribution in [3.63, 3.8) is 0 Å². The largest absolute Gasteiger partial charge is 0.478 e. The van der Waals surface area contributed by atoms with Crippen molar-refractivity contribution in [2.75, 3.05) is 5.32 Å². The number of carbonyl (C=O) groups is 2. The lowest BCUT2D eigenvalue weighted by molar-refractivity contribution is 0.0696. The molecule has 3 N–H and O–H groups in total. The predicted octanol–water partition coefficient (Wildman–Crippen LogP) is 1.94. The lowest BCUT2D eigenvalue weighted by atomic mass is 10.1. The number of hydrogen-bond acceptors (Lipinski definition) is 3. The van der Waals surface area contributed by atoms with Gasteiger partial charge in [-0.15, -0.1) is 0 Å². The van der Waals surface area contributed by atoms with Crippen LogP contribution in [0, 0.1) is 13.8 Å². The van der Waals surface area contributed by atoms with Crippen LogP contribution < -0.4 is 10.9 Å². The Labute approximate surface area is 120 Å². The molecule has 1 aromatic heterocycles. The zero-order chi connectivity index (χ0) is 15.6. The number of carboxylic acid groups (broad SMARTS) is 1. The van der Waals surface area contributed by atoms with Crippen molar-refractivity contribution in [2.45, 2.75) is 13.8 Å². The molecule has 0 radical (unpaired) electrons. The molecule has 1 aromatic carbocycles. The van der Waals surface area contributed by atoms with Crippen molar-refractivity contribution in [1.82, 2.24) is 4.98 Å². The third-order valence-electron chi connectivity index (χ3n) is 2.96. The summed E-state index contributed by atoms with van der Waals surface area (Å²) >= 11 is 0. The molecular weight excluding hydrogens is 272 g/mol. The van der Waals surface area contributed by atoms with E-state index in [1.54, 1.807) is 26.0 Å². The quantitative estimate of drug-likeness (QED) is 0.802. The Kier molecular flexibility index (Phi) is 3.89. The number of carbonyl (C=O) groups excluding carboxylic acids is 1. The number of pyridine rings is 1. The van der Waals surface area contributed by atoms with E-state index >= 15 is 0 Å². The highest BCUT2D eigenvalue weighted by Crippen LogP contribution is 2.13. The summed E-state index contributed by atoms with van der Waals surface area (Å²) in [6, 6.07) is 7.53. The maximum atomic E-state index is 12.2. The van der Waals surface area contributed by atoms with E-state index < -0.39 is 17.4 Å². The molecule has 6 heteroatoms. The Hall–Kier alpha value is -2.89. The Morgan fingerprint density at radius 2 is 1.90 bits per heavy atom. The van der Waals surface area contributed by atoms with Crippen molar-refractivity contribution < 1.29 is 14.7 Å². The lowest BCUT2D eigenvalue weighted by Crippen LogP contribution is -2.25. The van der Waals surface area contributed by atoms with Crippen LogP contribution in [0.1, 0.15) is 32.0 Å². The van der Waals surface area contributed by atoms with E-state index in [1.807, 2.05) is 0 Å². The van der Waals surface area contributed by atoms with Crippen LogP contribution in [0.2, 0.25) is 0 Å². The number of aromatic nitrogens is 1. The van der Waals surface area contributed by atoms with Gasteiger partial charge in [-0.1, -0.05) is 6.07 Å². The number of nitrogens with one attached hydrogen (secondary N) is 2. The van der Waals surface area contributed by atoms with Crippen LogP contribution in [0.4, 0.5) is 5.69 Å². The fourth-order valence-electron chi connectivity index (χ4n) is 2.06. The lowest BCUT2D eigenvalue weighted by Gasteiger charge is -2.08. The molecule has 21 heavy (non-hydrogen) atoms. The Balaban J connectivity index is 2.33. The summed E-state index contributed by atoms with van der Waals surface area (Å²) in [6.07, 6.45) is 0. The van der Waals surface area contributed by atoms with Crippen molar-refractivity contribution in [3.8, 4) is 0 Å². The third-order valence-corrected chi connectivity index (χ3v) is 2.96. The second kappa shape index (κ2) is 5.62. The van der Waals surface area contributed by atoms with Gasteiger partial charge in [0.2, 0.25) is 0 Å². The molecule has 0 aliphatic rings. The zero-order valence-electron chi connectivity index (χ0n) is 11.6. The fraction of sp³-hybridized carbons (Fsp3) is 0.133. The number of anilines is 1. The Morgan fingerprint density at radius 3 is 2.52 bits per heavy atom. The van der Waals surface area contributed by atoms with Crippen LogP contribution in [0.5, 0.6) is 0 Å². The predicted molar refractivity (Wildman–Crippen MR) is 77.9 cm³/mol. The standard InChI is InChI=1S/C15H14N2O4/c1-8-6-9(2)16-13(18)12(8)14(19)17-11-5-3-4-10(7-11)15(20)21/h3-7H,1-2H3,(H,16,18)(H,17,19)(H,20,21). The number of H-pyrrole nitrogens is 1. The van der Waals surface area contributed by atoms with Gasteiger partial charge in [-0.25, -0.2) is 4.79 Å². The first kappa shape index (κ1) is 14.5. The minimum absolute atomic E-state index is 0.0151. The number of rotatable bonds is 3. The minimum Gasteiger partial charge on any atom is -0.478 e. The molecule has 2 rings (SSSR count). The smallest absolute Gasteiger partial charge is 0.335 e. The van der Waals surface area contributed by atoms with Gasteiger partial charge in [0.1, 0.15) is 5.56 Å². The number of aryl methyl sites for hydroxylation is 2. The maximum absolute atomic E-state index is 12.2. The molecule has 2 aromatic rings. The van der Waals surface area contributed by atoms with E-state index in [4.69, 9.17) is 5.11 Å². The van der Waals surface area contributed by atoms with Crippen molar-refractivity contribution in [1.29, 1.82) is 0 Å². The molecule has 0 saturated carbocycles. The van der Waals surface area contributed by atoms with Gasteiger partial charge < -0.3 is 15.4 Å². The van der Waals surface area contributed by atoms with E-state index in [2.05, 4.69) is 10.3 Å². The molecule has 0 bridgehead atoms. The number of carboxylic acids is 1. The highest BCUT2D eigenvalue weighted by Gasteiger charge is 2.15. The topological polar surface area (TPSA) is 99.3 Å². The number of amides is 1. The molecule has 0 aliphatic heterocycles. The molecule has 1 heterocycles. The molecule has 0 saturated heterocycles. The second-order valence-electron chi connectivity index (χ2n) is 4.68. The second-order valence-corrected chi connectivity index (χ2v) is 4.68. The molecule has 0 atom stereocenters. The summed E-state index contributed by atoms with van der Waals surface area (Å²) in [5.74, 6) is -1.66. The van der Waals surface area contributed by atoms with Gasteiger partial charge >= 0.3 is 5.97 Å². The highest BCUT2D eigenvalue weighted by molar-refractivity contribution is 6.05. The van der Waals surface area contributed by atoms with Crippen LogP contribution in [-0.4, -0.2) is 22.0 Å². The zero-order valence-corrected chi connectivity index (χ0v) is 11.6. The average Bonchev–Trinajstić information content (AvgIpc) is 2.37. The van der Waals surface area contributed by atoms with Crippen LogP contribution >= 0.6 is 0 Å². The van der Waals surface area contributed by atoms with Gasteiger partial charge in [0.05, 0.1) is 5.56 Å². The van der Waals surface area contributed by atoms with E-state index in [9.17, 15) is 14.4 Å². The van der Waals surface area contributed by atoms with Gasteiger partial charge in [-0.05, 0) is 43.7 Å². The first-order valence-electron chi connectivity index (χ1n) is 6.23. The average molecular weight is 286 g/mol. The fourth-order valence-corrected chi connectivity index (χ4v) is 2.06. The van der Waals surface area contributed by atoms with Crippen LogP contribution in [0.15, 0.2) is 35.1 Å². The van der Waals surface area contributed by atoms with Gasteiger partial charge in [-0.3, -0.25) is 9.59 Å². The summed E-state index contributed by atoms with van der Waals surface area (Å²) < 4.78 is 0. The van der Waals surface area contributed by atoms with Gasteiger partial charge in [0.15, 0.2) is 0 Å². The Morgan fingerprint density at radius 1 is 1.19 bits per heavy atom. The first-order chi connectivity index (χ1) is 9.88. The van der Waals surface area contributed by atoms with Gasteiger partial charge in [0, 0.05) is 11.4 Å². The van der Waals surface area contributed by atoms with Gasteiger partial charge in [-0.2, -0.15) is 0 Å². The van der Waals surface area contributed by atoms with Crippen molar-refractivity contribution in [3.05, 3.63) is 63.1 Å². The number of aromatic carboxylic acids is 1. The normalized spacial score (nSPS) is 10.2. The van der Waals surface area contributed by atoms with E-state index in [-0.39, 0.29) is 11.1 Å². The summed E-state index contributed by atoms with van der Waals surface area (Å²) in [5, 5.41) is 11.4. The van der Waals surface area contributed by atoms with E-state index in [0.717, 1.165) is 0 Å². The highest BCUT2D eigenvalue weighted by atomic mass is 16.4. The number of aromatic amines is 1. The minimum atomic E-state index is -1.09. The molecule has 0 aliphatic carbocycles. The summed E-state index contributed by atoms with van der Waals surface area (Å²) in [7, 11) is 0. The maximum Gasteiger partial charge on any atom is 0.335 e. The molecule has 1 amide bonds. The molecule has 0 unspecified atom stereocenters.